The fourth-order valence-corrected chi connectivity index (χ4v) is 1.58. The topological polar surface area (TPSA) is 34.1 Å². The van der Waals surface area contributed by atoms with Gasteiger partial charge in [0.25, 0.3) is 0 Å². The lowest BCUT2D eigenvalue weighted by molar-refractivity contribution is 0.551. The van der Waals surface area contributed by atoms with Crippen molar-refractivity contribution in [3.63, 3.8) is 0 Å². The molecule has 78 valence electrons. The van der Waals surface area contributed by atoms with Gasteiger partial charge in [0, 0.05) is 0 Å². The van der Waals surface area contributed by atoms with Gasteiger partial charge in [0.1, 0.15) is 0 Å². The molecule has 0 aliphatic rings. The van der Waals surface area contributed by atoms with Crippen LogP contribution in [-0.4, -0.2) is 8.42 Å². The molecule has 0 unspecified atom stereocenters. The highest BCUT2D eigenvalue weighted by Crippen LogP contribution is 2.23. The van der Waals surface area contributed by atoms with Crippen LogP contribution >= 0.6 is 0 Å². The fourth-order valence-electron chi connectivity index (χ4n) is 1.12. The Morgan fingerprint density at radius 3 is 1.79 bits per heavy atom. The van der Waals surface area contributed by atoms with Crippen molar-refractivity contribution >= 4 is 10.2 Å². The zero-order chi connectivity index (χ0) is 11.0. The smallest absolute Gasteiger partial charge is 0.189 e. The van der Waals surface area contributed by atoms with Crippen molar-refractivity contribution in [2.45, 2.75) is 31.1 Å². The van der Waals surface area contributed by atoms with E-state index >= 15 is 0 Å². The first-order valence-electron chi connectivity index (χ1n) is 4.26. The SMILES string of the molecule is CC(C)(C)c1ccc(S(=O)(=O)F)cc1. The average molecular weight is 216 g/mol. The van der Waals surface area contributed by atoms with Gasteiger partial charge in [-0.25, -0.2) is 0 Å². The largest absolute Gasteiger partial charge is 0.332 e. The fraction of sp³-hybridized carbons (Fsp3) is 0.400. The maximum absolute atomic E-state index is 12.5. The summed E-state index contributed by atoms with van der Waals surface area (Å²) in [7, 11) is -4.57. The molecule has 1 aromatic carbocycles. The average Bonchev–Trinajstić information content (AvgIpc) is 2.01. The van der Waals surface area contributed by atoms with Crippen LogP contribution in [0.15, 0.2) is 29.2 Å². The van der Waals surface area contributed by atoms with Gasteiger partial charge < -0.3 is 0 Å². The number of rotatable bonds is 1. The predicted octanol–water partition coefficient (Wildman–Crippen LogP) is 2.64. The Morgan fingerprint density at radius 1 is 1.07 bits per heavy atom. The molecule has 1 aromatic rings. The molecule has 0 N–H and O–H groups in total. The maximum atomic E-state index is 12.5. The summed E-state index contributed by atoms with van der Waals surface area (Å²) in [6, 6.07) is 5.84. The Hall–Kier alpha value is -0.900. The van der Waals surface area contributed by atoms with Gasteiger partial charge in [-0.2, -0.15) is 8.42 Å². The van der Waals surface area contributed by atoms with Crippen LogP contribution in [0.25, 0.3) is 0 Å². The van der Waals surface area contributed by atoms with Gasteiger partial charge in [0.2, 0.25) is 0 Å². The lowest BCUT2D eigenvalue weighted by atomic mass is 9.87. The second-order valence-electron chi connectivity index (χ2n) is 4.21. The summed E-state index contributed by atoms with van der Waals surface area (Å²) in [5.41, 5.74) is 0.920. The van der Waals surface area contributed by atoms with Gasteiger partial charge in [-0.05, 0) is 23.1 Å². The number of hydrogen-bond acceptors (Lipinski definition) is 2. The van der Waals surface area contributed by atoms with Crippen LogP contribution < -0.4 is 0 Å². The molecular formula is C10H13FO2S. The van der Waals surface area contributed by atoms with Crippen LogP contribution in [-0.2, 0) is 15.6 Å². The van der Waals surface area contributed by atoms with E-state index in [2.05, 4.69) is 0 Å². The molecule has 2 nitrogen and oxygen atoms in total. The Morgan fingerprint density at radius 2 is 1.50 bits per heavy atom. The third kappa shape index (κ3) is 2.54. The summed E-state index contributed by atoms with van der Waals surface area (Å²) >= 11 is 0. The van der Waals surface area contributed by atoms with Crippen molar-refractivity contribution in [2.24, 2.45) is 0 Å². The molecule has 0 amide bonds. The molecule has 0 saturated heterocycles. The van der Waals surface area contributed by atoms with E-state index < -0.39 is 10.2 Å². The van der Waals surface area contributed by atoms with E-state index in [-0.39, 0.29) is 10.3 Å². The highest BCUT2D eigenvalue weighted by Gasteiger charge is 2.16. The number of hydrogen-bond donors (Lipinski definition) is 0. The summed E-state index contributed by atoms with van der Waals surface area (Å²) in [4.78, 5) is -0.287. The number of benzene rings is 1. The summed E-state index contributed by atoms with van der Waals surface area (Å²) in [6.45, 7) is 6.02. The molecular weight excluding hydrogens is 203 g/mol. The summed E-state index contributed by atoms with van der Waals surface area (Å²) in [5, 5.41) is 0. The first kappa shape index (κ1) is 11.2. The van der Waals surface area contributed by atoms with E-state index in [9.17, 15) is 12.3 Å². The minimum absolute atomic E-state index is 0.0569. The van der Waals surface area contributed by atoms with Crippen LogP contribution in [0, 0.1) is 0 Å². The van der Waals surface area contributed by atoms with Gasteiger partial charge in [-0.3, -0.25) is 0 Å². The first-order valence-corrected chi connectivity index (χ1v) is 5.65. The minimum atomic E-state index is -4.57. The Bertz CT molecular complexity index is 412. The Kier molecular flexibility index (Phi) is 2.67. The molecule has 0 bridgehead atoms. The zero-order valence-corrected chi connectivity index (χ0v) is 9.23. The quantitative estimate of drug-likeness (QED) is 0.676. The van der Waals surface area contributed by atoms with Crippen molar-refractivity contribution in [2.75, 3.05) is 0 Å². The van der Waals surface area contributed by atoms with Gasteiger partial charge in [-0.15, -0.1) is 3.89 Å². The summed E-state index contributed by atoms with van der Waals surface area (Å²) < 4.78 is 33.6. The summed E-state index contributed by atoms with van der Waals surface area (Å²) in [5.74, 6) is 0. The standard InChI is InChI=1S/C10H13FO2S/c1-10(2,3)8-4-6-9(7-5-8)14(11,12)13/h4-7H,1-3H3. The predicted molar refractivity (Wildman–Crippen MR) is 53.4 cm³/mol. The van der Waals surface area contributed by atoms with Gasteiger partial charge in [0.05, 0.1) is 4.90 Å². The van der Waals surface area contributed by atoms with Crippen molar-refractivity contribution < 1.29 is 12.3 Å². The molecule has 14 heavy (non-hydrogen) atoms. The van der Waals surface area contributed by atoms with Gasteiger partial charge in [-0.1, -0.05) is 32.9 Å². The molecule has 0 spiro atoms. The molecule has 0 aromatic heterocycles. The molecule has 0 saturated carbocycles. The zero-order valence-electron chi connectivity index (χ0n) is 8.41. The van der Waals surface area contributed by atoms with E-state index in [1.54, 1.807) is 12.1 Å². The normalized spacial score (nSPS) is 12.9. The van der Waals surface area contributed by atoms with Crippen molar-refractivity contribution in [3.8, 4) is 0 Å². The molecule has 0 fully saturated rings. The van der Waals surface area contributed by atoms with E-state index in [1.165, 1.54) is 12.1 Å². The van der Waals surface area contributed by atoms with Gasteiger partial charge in [0.15, 0.2) is 0 Å². The molecule has 1 rings (SSSR count). The molecule has 4 heteroatoms. The van der Waals surface area contributed by atoms with Crippen LogP contribution in [0.3, 0.4) is 0 Å². The second-order valence-corrected chi connectivity index (χ2v) is 5.56. The lowest BCUT2D eigenvalue weighted by Crippen LogP contribution is -2.10. The third-order valence-corrected chi connectivity index (χ3v) is 2.84. The van der Waals surface area contributed by atoms with Crippen LogP contribution in [0.5, 0.6) is 0 Å². The number of halogens is 1. The van der Waals surface area contributed by atoms with Crippen LogP contribution in [0.1, 0.15) is 26.3 Å². The molecule has 0 heterocycles. The maximum Gasteiger partial charge on any atom is 0.332 e. The third-order valence-electron chi connectivity index (χ3n) is 2.00. The molecule has 0 aliphatic carbocycles. The van der Waals surface area contributed by atoms with Crippen molar-refractivity contribution in [1.29, 1.82) is 0 Å². The Balaban J connectivity index is 3.14. The van der Waals surface area contributed by atoms with Gasteiger partial charge >= 0.3 is 10.2 Å². The monoisotopic (exact) mass is 216 g/mol. The van der Waals surface area contributed by atoms with E-state index in [0.29, 0.717) is 0 Å². The van der Waals surface area contributed by atoms with Crippen molar-refractivity contribution in [1.82, 2.24) is 0 Å². The molecule has 0 radical (unpaired) electrons. The van der Waals surface area contributed by atoms with Crippen LogP contribution in [0.2, 0.25) is 0 Å². The minimum Gasteiger partial charge on any atom is -0.189 e. The molecule has 0 atom stereocenters. The summed E-state index contributed by atoms with van der Waals surface area (Å²) in [6.07, 6.45) is 0. The Labute approximate surface area is 84.0 Å². The van der Waals surface area contributed by atoms with Crippen LogP contribution in [0.4, 0.5) is 3.89 Å². The first-order chi connectivity index (χ1) is 6.21. The second kappa shape index (κ2) is 3.35. The highest BCUT2D eigenvalue weighted by atomic mass is 32.3. The molecule has 0 aliphatic heterocycles. The lowest BCUT2D eigenvalue weighted by Gasteiger charge is -2.18. The van der Waals surface area contributed by atoms with E-state index in [1.807, 2.05) is 20.8 Å². The van der Waals surface area contributed by atoms with E-state index in [0.717, 1.165) is 5.56 Å². The van der Waals surface area contributed by atoms with E-state index in [4.69, 9.17) is 0 Å². The highest BCUT2D eigenvalue weighted by molar-refractivity contribution is 7.86. The van der Waals surface area contributed by atoms with Crippen molar-refractivity contribution in [3.05, 3.63) is 29.8 Å².